The highest BCUT2D eigenvalue weighted by atomic mass is 15.2. The van der Waals surface area contributed by atoms with Crippen LogP contribution in [0.2, 0.25) is 0 Å². The van der Waals surface area contributed by atoms with Crippen LogP contribution in [0.1, 0.15) is 22.3 Å². The van der Waals surface area contributed by atoms with E-state index in [9.17, 15) is 0 Å². The molecule has 0 amide bonds. The number of benzene rings is 13. The summed E-state index contributed by atoms with van der Waals surface area (Å²) >= 11 is 0. The molecule has 1 nitrogen and oxygen atoms in total. The molecule has 0 aliphatic heterocycles. The Morgan fingerprint density at radius 1 is 0.236 bits per heavy atom. The van der Waals surface area contributed by atoms with Crippen molar-refractivity contribution < 1.29 is 0 Å². The smallest absolute Gasteiger partial charge is 0.0714 e. The Morgan fingerprint density at radius 3 is 1.39 bits per heavy atom. The van der Waals surface area contributed by atoms with Crippen LogP contribution in [0.5, 0.6) is 0 Å². The second-order valence-corrected chi connectivity index (χ2v) is 19.0. The van der Waals surface area contributed by atoms with Crippen LogP contribution < -0.4 is 4.90 Å². The van der Waals surface area contributed by atoms with Gasteiger partial charge in [-0.05, 0) is 118 Å². The molecule has 1 heteroatoms. The molecule has 0 heterocycles. The first-order valence-corrected chi connectivity index (χ1v) is 25.0. The van der Waals surface area contributed by atoms with Crippen molar-refractivity contribution in [1.29, 1.82) is 0 Å². The Balaban J connectivity index is 1.10. The maximum atomic E-state index is 2.59. The van der Waals surface area contributed by atoms with Crippen molar-refractivity contribution in [3.63, 3.8) is 0 Å². The quantitative estimate of drug-likeness (QED) is 0.137. The number of nitrogens with zero attached hydrogens (tertiary/aromatic N) is 1. The first-order valence-electron chi connectivity index (χ1n) is 25.0. The lowest BCUT2D eigenvalue weighted by molar-refractivity contribution is 0.768. The Hall–Kier alpha value is -9.30. The topological polar surface area (TPSA) is 3.24 Å². The third kappa shape index (κ3) is 6.34. The van der Waals surface area contributed by atoms with E-state index in [1.54, 1.807) is 0 Å². The van der Waals surface area contributed by atoms with E-state index < -0.39 is 5.41 Å². The number of para-hydroxylation sites is 1. The zero-order chi connectivity index (χ0) is 47.6. The molecule has 1 aliphatic rings. The van der Waals surface area contributed by atoms with Crippen molar-refractivity contribution in [3.8, 4) is 44.5 Å². The predicted molar refractivity (Wildman–Crippen MR) is 305 cm³/mol. The van der Waals surface area contributed by atoms with Gasteiger partial charge in [0.1, 0.15) is 0 Å². The van der Waals surface area contributed by atoms with Crippen molar-refractivity contribution in [2.75, 3.05) is 4.90 Å². The molecule has 0 N–H and O–H groups in total. The van der Waals surface area contributed by atoms with Crippen molar-refractivity contribution in [3.05, 3.63) is 307 Å². The Bertz CT molecular complexity index is 4160. The average molecular weight is 914 g/mol. The van der Waals surface area contributed by atoms with Gasteiger partial charge in [-0.15, -0.1) is 0 Å². The zero-order valence-corrected chi connectivity index (χ0v) is 39.6. The second kappa shape index (κ2) is 17.0. The molecule has 1 aliphatic carbocycles. The molecule has 0 unspecified atom stereocenters. The summed E-state index contributed by atoms with van der Waals surface area (Å²) in [6, 6.07) is 106. The minimum Gasteiger partial charge on any atom is -0.309 e. The fourth-order valence-electron chi connectivity index (χ4n) is 12.3. The molecular formula is C71H47N. The fraction of sp³-hybridized carbons (Fsp3) is 0.0141. The molecule has 0 aromatic heterocycles. The molecule has 0 fully saturated rings. The van der Waals surface area contributed by atoms with Crippen LogP contribution in [0.3, 0.4) is 0 Å². The highest BCUT2D eigenvalue weighted by molar-refractivity contribution is 6.22. The van der Waals surface area contributed by atoms with Crippen LogP contribution in [0, 0.1) is 0 Å². The number of anilines is 3. The summed E-state index contributed by atoms with van der Waals surface area (Å²) in [5, 5.41) is 9.80. The van der Waals surface area contributed by atoms with Gasteiger partial charge in [0, 0.05) is 16.5 Å². The number of hydrogen-bond donors (Lipinski definition) is 0. The molecule has 0 saturated carbocycles. The lowest BCUT2D eigenvalue weighted by Gasteiger charge is -2.35. The Labute approximate surface area is 420 Å². The van der Waals surface area contributed by atoms with Crippen LogP contribution in [-0.2, 0) is 5.41 Å². The molecule has 336 valence electrons. The van der Waals surface area contributed by atoms with E-state index in [1.165, 1.54) is 98.7 Å². The summed E-state index contributed by atoms with van der Waals surface area (Å²) in [4.78, 5) is 2.59. The molecule has 0 saturated heterocycles. The van der Waals surface area contributed by atoms with Crippen molar-refractivity contribution in [2.24, 2.45) is 0 Å². The summed E-state index contributed by atoms with van der Waals surface area (Å²) in [7, 11) is 0. The van der Waals surface area contributed by atoms with E-state index in [1.807, 2.05) is 0 Å². The van der Waals surface area contributed by atoms with Gasteiger partial charge in [0.25, 0.3) is 0 Å². The van der Waals surface area contributed by atoms with E-state index >= 15 is 0 Å². The lowest BCUT2D eigenvalue weighted by Crippen LogP contribution is -2.28. The van der Waals surface area contributed by atoms with Crippen LogP contribution in [0.4, 0.5) is 17.1 Å². The highest BCUT2D eigenvalue weighted by Crippen LogP contribution is 2.60. The maximum Gasteiger partial charge on any atom is 0.0714 e. The standard InChI is InChI=1S/C71H47N/c1-5-24-48(25-6-1)68-60-38-18-16-36-57(60)58-45-44-51(46-62(58)69(68)49-26-7-2-8-27-49)55-34-20-22-42-65(55)72(67-47-50-28-13-14-33-54(50)56-35-15-17-37-59(56)67)66-43-23-41-64-70(66)61-39-19-21-40-63(61)71(64,52-29-9-3-10-30-52)53-31-11-4-12-32-53/h1-47H. The Kier molecular flexibility index (Phi) is 9.82. The number of hydrogen-bond acceptors (Lipinski definition) is 1. The largest absolute Gasteiger partial charge is 0.309 e. The molecule has 0 atom stereocenters. The SMILES string of the molecule is c1ccc(-c2c(-c3ccccc3)c3cc(-c4ccccc4N(c4cccc5c4-c4ccccc4C5(c4ccccc4)c4ccccc4)c4cc5ccccc5c5ccccc45)ccc3c3ccccc23)cc1. The monoisotopic (exact) mass is 913 g/mol. The van der Waals surface area contributed by atoms with Gasteiger partial charge in [0.15, 0.2) is 0 Å². The molecule has 14 rings (SSSR count). The van der Waals surface area contributed by atoms with E-state index in [0.717, 1.165) is 28.2 Å². The van der Waals surface area contributed by atoms with Gasteiger partial charge in [0.05, 0.1) is 22.5 Å². The predicted octanol–water partition coefficient (Wildman–Crippen LogP) is 19.1. The summed E-state index contributed by atoms with van der Waals surface area (Å²) in [5.74, 6) is 0. The van der Waals surface area contributed by atoms with Gasteiger partial charge >= 0.3 is 0 Å². The molecule has 0 spiro atoms. The highest BCUT2D eigenvalue weighted by Gasteiger charge is 2.47. The molecule has 13 aromatic rings. The second-order valence-electron chi connectivity index (χ2n) is 19.0. The third-order valence-electron chi connectivity index (χ3n) is 15.3. The van der Waals surface area contributed by atoms with Gasteiger partial charge in [0.2, 0.25) is 0 Å². The van der Waals surface area contributed by atoms with Crippen molar-refractivity contribution >= 4 is 60.2 Å². The summed E-state index contributed by atoms with van der Waals surface area (Å²) in [5.41, 5.74) is 17.5. The average Bonchev–Trinajstić information content (AvgIpc) is 3.77. The molecular weight excluding hydrogens is 867 g/mol. The minimum atomic E-state index is -0.563. The molecule has 13 aromatic carbocycles. The van der Waals surface area contributed by atoms with Crippen LogP contribution in [0.15, 0.2) is 285 Å². The fourth-order valence-corrected chi connectivity index (χ4v) is 12.3. The minimum absolute atomic E-state index is 0.563. The number of rotatable bonds is 8. The first-order chi connectivity index (χ1) is 35.8. The molecule has 0 bridgehead atoms. The summed E-state index contributed by atoms with van der Waals surface area (Å²) < 4.78 is 0. The lowest BCUT2D eigenvalue weighted by atomic mass is 9.68. The van der Waals surface area contributed by atoms with Gasteiger partial charge in [-0.3, -0.25) is 0 Å². The van der Waals surface area contributed by atoms with Crippen LogP contribution in [-0.4, -0.2) is 0 Å². The summed E-state index contributed by atoms with van der Waals surface area (Å²) in [6.45, 7) is 0. The Morgan fingerprint density at radius 2 is 0.708 bits per heavy atom. The maximum absolute atomic E-state index is 2.59. The third-order valence-corrected chi connectivity index (χ3v) is 15.3. The first kappa shape index (κ1) is 41.7. The van der Waals surface area contributed by atoms with E-state index in [2.05, 4.69) is 290 Å². The van der Waals surface area contributed by atoms with Gasteiger partial charge in [-0.1, -0.05) is 261 Å². The number of fused-ring (bicyclic) bond motifs is 9. The van der Waals surface area contributed by atoms with Gasteiger partial charge in [-0.2, -0.15) is 0 Å². The van der Waals surface area contributed by atoms with E-state index in [-0.39, 0.29) is 0 Å². The van der Waals surface area contributed by atoms with E-state index in [0.29, 0.717) is 0 Å². The van der Waals surface area contributed by atoms with Crippen molar-refractivity contribution in [1.82, 2.24) is 0 Å². The normalized spacial score (nSPS) is 12.6. The van der Waals surface area contributed by atoms with Crippen LogP contribution in [0.25, 0.3) is 87.6 Å². The zero-order valence-electron chi connectivity index (χ0n) is 39.6. The van der Waals surface area contributed by atoms with Gasteiger partial charge in [-0.25, -0.2) is 0 Å². The van der Waals surface area contributed by atoms with Crippen molar-refractivity contribution in [2.45, 2.75) is 5.41 Å². The van der Waals surface area contributed by atoms with E-state index in [4.69, 9.17) is 0 Å². The molecule has 0 radical (unpaired) electrons. The van der Waals surface area contributed by atoms with Crippen LogP contribution >= 0.6 is 0 Å². The molecule has 72 heavy (non-hydrogen) atoms. The van der Waals surface area contributed by atoms with Gasteiger partial charge < -0.3 is 4.90 Å². The summed E-state index contributed by atoms with van der Waals surface area (Å²) in [6.07, 6.45) is 0.